The smallest absolute Gasteiger partial charge is 0.123 e. The van der Waals surface area contributed by atoms with Crippen LogP contribution in [0, 0.1) is 12.7 Å². The topological polar surface area (TPSA) is 21.3 Å². The van der Waals surface area contributed by atoms with Crippen LogP contribution in [-0.2, 0) is 13.2 Å². The van der Waals surface area contributed by atoms with Crippen molar-refractivity contribution in [3.05, 3.63) is 94.3 Å². The van der Waals surface area contributed by atoms with Gasteiger partial charge < -0.3 is 10.1 Å². The Morgan fingerprint density at radius 1 is 0.960 bits per heavy atom. The molecule has 2 nitrogen and oxygen atoms in total. The summed E-state index contributed by atoms with van der Waals surface area (Å²) in [5, 5.41) is 4.14. The van der Waals surface area contributed by atoms with Crippen LogP contribution in [-0.4, -0.2) is 0 Å². The number of halogens is 2. The highest BCUT2D eigenvalue weighted by Gasteiger charge is 2.03. The fourth-order valence-electron chi connectivity index (χ4n) is 2.53. The molecule has 0 aliphatic rings. The third-order valence-electron chi connectivity index (χ3n) is 3.94. The van der Waals surface area contributed by atoms with E-state index in [1.165, 1.54) is 12.1 Å². The molecule has 0 radical (unpaired) electrons. The quantitative estimate of drug-likeness (QED) is 0.587. The van der Waals surface area contributed by atoms with Gasteiger partial charge in [-0.25, -0.2) is 4.39 Å². The Hall–Kier alpha value is -2.52. The maximum Gasteiger partial charge on any atom is 0.123 e. The highest BCUT2D eigenvalue weighted by molar-refractivity contribution is 6.31. The van der Waals surface area contributed by atoms with E-state index in [4.69, 9.17) is 16.3 Å². The fraction of sp³-hybridized carbons (Fsp3) is 0.143. The van der Waals surface area contributed by atoms with Crippen molar-refractivity contribution < 1.29 is 9.13 Å². The summed E-state index contributed by atoms with van der Waals surface area (Å²) in [6, 6.07) is 20.1. The minimum Gasteiger partial charge on any atom is -0.489 e. The number of nitrogens with one attached hydrogen (secondary N) is 1. The summed E-state index contributed by atoms with van der Waals surface area (Å²) in [5.74, 6) is 0.502. The molecule has 3 aromatic carbocycles. The normalized spacial score (nSPS) is 10.5. The molecule has 1 N–H and O–H groups in total. The molecule has 0 aromatic heterocycles. The van der Waals surface area contributed by atoms with Crippen molar-refractivity contribution in [1.82, 2.24) is 0 Å². The summed E-state index contributed by atoms with van der Waals surface area (Å²) in [4.78, 5) is 0. The summed E-state index contributed by atoms with van der Waals surface area (Å²) in [6.07, 6.45) is 0. The van der Waals surface area contributed by atoms with E-state index < -0.39 is 0 Å². The van der Waals surface area contributed by atoms with E-state index in [2.05, 4.69) is 5.32 Å². The monoisotopic (exact) mass is 355 g/mol. The van der Waals surface area contributed by atoms with Crippen LogP contribution in [0.3, 0.4) is 0 Å². The second-order valence-electron chi connectivity index (χ2n) is 5.83. The van der Waals surface area contributed by atoms with Crippen LogP contribution in [0.1, 0.15) is 16.7 Å². The number of benzene rings is 3. The van der Waals surface area contributed by atoms with E-state index >= 15 is 0 Å². The van der Waals surface area contributed by atoms with Crippen molar-refractivity contribution in [3.8, 4) is 5.75 Å². The maximum absolute atomic E-state index is 13.2. The molecule has 0 aliphatic carbocycles. The summed E-state index contributed by atoms with van der Waals surface area (Å²) < 4.78 is 19.0. The molecule has 0 bridgehead atoms. The summed E-state index contributed by atoms with van der Waals surface area (Å²) in [6.45, 7) is 2.99. The van der Waals surface area contributed by atoms with Crippen molar-refractivity contribution in [2.24, 2.45) is 0 Å². The largest absolute Gasteiger partial charge is 0.489 e. The van der Waals surface area contributed by atoms with Crippen LogP contribution in [0.5, 0.6) is 5.75 Å². The van der Waals surface area contributed by atoms with E-state index in [-0.39, 0.29) is 5.82 Å². The Morgan fingerprint density at radius 3 is 2.56 bits per heavy atom. The molecule has 0 spiro atoms. The molecule has 3 rings (SSSR count). The average molecular weight is 356 g/mol. The number of ether oxygens (including phenoxy) is 1. The molecule has 4 heteroatoms. The van der Waals surface area contributed by atoms with Crippen LogP contribution in [0.15, 0.2) is 66.7 Å². The van der Waals surface area contributed by atoms with Gasteiger partial charge in [0, 0.05) is 17.3 Å². The Kier molecular flexibility index (Phi) is 5.56. The zero-order valence-electron chi connectivity index (χ0n) is 13.9. The first-order valence-corrected chi connectivity index (χ1v) is 8.45. The second-order valence-corrected chi connectivity index (χ2v) is 6.24. The molecule has 0 heterocycles. The number of hydrogen-bond donors (Lipinski definition) is 1. The van der Waals surface area contributed by atoms with Crippen LogP contribution >= 0.6 is 11.6 Å². The third kappa shape index (κ3) is 4.74. The first kappa shape index (κ1) is 17.3. The minimum atomic E-state index is -0.254. The van der Waals surface area contributed by atoms with Crippen LogP contribution in [0.4, 0.5) is 10.1 Å². The molecular weight excluding hydrogens is 337 g/mol. The van der Waals surface area contributed by atoms with Crippen LogP contribution in [0.2, 0.25) is 5.02 Å². The maximum atomic E-state index is 13.2. The molecular formula is C21H19ClFNO. The van der Waals surface area contributed by atoms with Crippen LogP contribution in [0.25, 0.3) is 0 Å². The van der Waals surface area contributed by atoms with Crippen molar-refractivity contribution in [2.45, 2.75) is 20.1 Å². The van der Waals surface area contributed by atoms with Crippen molar-refractivity contribution in [2.75, 3.05) is 5.32 Å². The highest BCUT2D eigenvalue weighted by Crippen LogP contribution is 2.24. The van der Waals surface area contributed by atoms with Gasteiger partial charge >= 0.3 is 0 Å². The van der Waals surface area contributed by atoms with Gasteiger partial charge in [-0.15, -0.1) is 0 Å². The number of hydrogen-bond acceptors (Lipinski definition) is 2. The van der Waals surface area contributed by atoms with Gasteiger partial charge in [-0.1, -0.05) is 41.9 Å². The lowest BCUT2D eigenvalue weighted by Gasteiger charge is -2.12. The molecule has 3 aromatic rings. The molecule has 0 fully saturated rings. The van der Waals surface area contributed by atoms with Gasteiger partial charge in [-0.05, 0) is 60.0 Å². The molecule has 25 heavy (non-hydrogen) atoms. The average Bonchev–Trinajstić information content (AvgIpc) is 2.62. The molecule has 0 unspecified atom stereocenters. The lowest BCUT2D eigenvalue weighted by Crippen LogP contribution is -2.02. The zero-order chi connectivity index (χ0) is 17.6. The zero-order valence-corrected chi connectivity index (χ0v) is 14.7. The third-order valence-corrected chi connectivity index (χ3v) is 4.35. The predicted octanol–water partition coefficient (Wildman–Crippen LogP) is 5.98. The fourth-order valence-corrected chi connectivity index (χ4v) is 2.71. The molecule has 0 aliphatic heterocycles. The standard InChI is InChI=1S/C21H19ClFNO/c1-15-20(22)9-4-10-21(15)24-13-16-5-3-8-19(12-16)25-14-17-6-2-7-18(23)11-17/h2-12,24H,13-14H2,1H3. The van der Waals surface area contributed by atoms with E-state index in [1.54, 1.807) is 6.07 Å². The molecule has 0 amide bonds. The van der Waals surface area contributed by atoms with E-state index in [1.807, 2.05) is 55.5 Å². The van der Waals surface area contributed by atoms with Crippen molar-refractivity contribution in [3.63, 3.8) is 0 Å². The Labute approximate surface area is 152 Å². The summed E-state index contributed by atoms with van der Waals surface area (Å²) in [5.41, 5.74) is 3.94. The Morgan fingerprint density at radius 2 is 1.72 bits per heavy atom. The van der Waals surface area contributed by atoms with Gasteiger partial charge in [-0.2, -0.15) is 0 Å². The van der Waals surface area contributed by atoms with E-state index in [9.17, 15) is 4.39 Å². The SMILES string of the molecule is Cc1c(Cl)cccc1NCc1cccc(OCc2cccc(F)c2)c1. The van der Waals surface area contributed by atoms with Gasteiger partial charge in [0.25, 0.3) is 0 Å². The van der Waals surface area contributed by atoms with Gasteiger partial charge in [0.2, 0.25) is 0 Å². The van der Waals surface area contributed by atoms with E-state index in [0.717, 1.165) is 33.1 Å². The first-order valence-electron chi connectivity index (χ1n) is 8.07. The van der Waals surface area contributed by atoms with Crippen molar-refractivity contribution in [1.29, 1.82) is 0 Å². The molecule has 0 saturated heterocycles. The Bertz CT molecular complexity index is 866. The van der Waals surface area contributed by atoms with E-state index in [0.29, 0.717) is 13.2 Å². The summed E-state index contributed by atoms with van der Waals surface area (Å²) >= 11 is 6.14. The Balaban J connectivity index is 1.62. The second kappa shape index (κ2) is 8.04. The first-order chi connectivity index (χ1) is 12.1. The summed E-state index contributed by atoms with van der Waals surface area (Å²) in [7, 11) is 0. The van der Waals surface area contributed by atoms with Crippen LogP contribution < -0.4 is 10.1 Å². The van der Waals surface area contributed by atoms with Crippen molar-refractivity contribution >= 4 is 17.3 Å². The van der Waals surface area contributed by atoms with Gasteiger partial charge in [0.15, 0.2) is 0 Å². The lowest BCUT2D eigenvalue weighted by atomic mass is 10.1. The molecule has 128 valence electrons. The minimum absolute atomic E-state index is 0.254. The number of rotatable bonds is 6. The molecule has 0 saturated carbocycles. The lowest BCUT2D eigenvalue weighted by molar-refractivity contribution is 0.305. The van der Waals surface area contributed by atoms with Gasteiger partial charge in [0.1, 0.15) is 18.2 Å². The highest BCUT2D eigenvalue weighted by atomic mass is 35.5. The van der Waals surface area contributed by atoms with Gasteiger partial charge in [-0.3, -0.25) is 0 Å². The predicted molar refractivity (Wildman–Crippen MR) is 101 cm³/mol. The number of anilines is 1. The molecule has 0 atom stereocenters. The van der Waals surface area contributed by atoms with Gasteiger partial charge in [0.05, 0.1) is 0 Å².